The van der Waals surface area contributed by atoms with Gasteiger partial charge >= 0.3 is 0 Å². The van der Waals surface area contributed by atoms with Gasteiger partial charge < -0.3 is 0 Å². The molecular formula is C50H30N4S2. The molecular weight excluding hydrogens is 721 g/mol. The molecule has 11 rings (SSSR count). The lowest BCUT2D eigenvalue weighted by Crippen LogP contribution is -1.98. The Hall–Kier alpha value is -6.86. The van der Waals surface area contributed by atoms with Crippen molar-refractivity contribution in [3.63, 3.8) is 0 Å². The molecule has 0 aliphatic carbocycles. The first kappa shape index (κ1) is 32.6. The maximum absolute atomic E-state index is 5.43. The number of rotatable bonds is 6. The van der Waals surface area contributed by atoms with Crippen LogP contribution in [0.2, 0.25) is 0 Å². The molecule has 0 amide bonds. The fourth-order valence-corrected chi connectivity index (χ4v) is 9.89. The molecule has 0 spiro atoms. The van der Waals surface area contributed by atoms with E-state index in [9.17, 15) is 0 Å². The van der Waals surface area contributed by atoms with Gasteiger partial charge in [-0.25, -0.2) is 19.9 Å². The van der Waals surface area contributed by atoms with Gasteiger partial charge in [0.05, 0.1) is 31.8 Å². The van der Waals surface area contributed by atoms with E-state index in [4.69, 9.17) is 19.9 Å². The maximum atomic E-state index is 5.43. The van der Waals surface area contributed by atoms with Gasteiger partial charge in [0.1, 0.15) is 0 Å². The van der Waals surface area contributed by atoms with E-state index < -0.39 is 0 Å². The van der Waals surface area contributed by atoms with E-state index in [2.05, 4.69) is 170 Å². The minimum atomic E-state index is 0.667. The van der Waals surface area contributed by atoms with E-state index >= 15 is 0 Å². The van der Waals surface area contributed by atoms with Crippen molar-refractivity contribution in [1.29, 1.82) is 0 Å². The highest BCUT2D eigenvalue weighted by Gasteiger charge is 2.22. The summed E-state index contributed by atoms with van der Waals surface area (Å²) < 4.78 is 4.49. The smallest absolute Gasteiger partial charge is 0.161 e. The zero-order chi connectivity index (χ0) is 37.0. The molecule has 56 heavy (non-hydrogen) atoms. The predicted octanol–water partition coefficient (Wildman–Crippen LogP) is 14.0. The second-order valence-corrected chi connectivity index (χ2v) is 15.9. The molecule has 0 fully saturated rings. The van der Waals surface area contributed by atoms with Crippen molar-refractivity contribution in [3.8, 4) is 67.5 Å². The van der Waals surface area contributed by atoms with Crippen LogP contribution in [0.5, 0.6) is 0 Å². The molecule has 4 aromatic heterocycles. The third-order valence-electron chi connectivity index (χ3n) is 10.4. The van der Waals surface area contributed by atoms with Crippen LogP contribution in [0.4, 0.5) is 0 Å². The summed E-state index contributed by atoms with van der Waals surface area (Å²) in [6, 6.07) is 63.7. The Labute approximate surface area is 331 Å². The average Bonchev–Trinajstić information content (AvgIpc) is 3.85. The monoisotopic (exact) mass is 750 g/mol. The molecule has 0 aliphatic heterocycles. The summed E-state index contributed by atoms with van der Waals surface area (Å²) in [7, 11) is 0. The van der Waals surface area contributed by atoms with Crippen LogP contribution in [0.1, 0.15) is 0 Å². The molecule has 6 heteroatoms. The topological polar surface area (TPSA) is 51.6 Å². The molecule has 262 valence electrons. The lowest BCUT2D eigenvalue weighted by atomic mass is 10.0. The first-order chi connectivity index (χ1) is 27.7. The number of aromatic nitrogens is 4. The predicted molar refractivity (Wildman–Crippen MR) is 236 cm³/mol. The number of hydrogen-bond acceptors (Lipinski definition) is 6. The molecule has 0 radical (unpaired) electrons. The molecule has 7 aromatic carbocycles. The van der Waals surface area contributed by atoms with Gasteiger partial charge in [-0.15, -0.1) is 22.7 Å². The first-order valence-corrected chi connectivity index (χ1v) is 20.2. The molecule has 0 bridgehead atoms. The minimum Gasteiger partial charge on any atom is -0.226 e. The molecule has 4 nitrogen and oxygen atoms in total. The highest BCUT2D eigenvalue weighted by molar-refractivity contribution is 7.26. The highest BCUT2D eigenvalue weighted by atomic mass is 32.1. The van der Waals surface area contributed by atoms with E-state index in [-0.39, 0.29) is 0 Å². The summed E-state index contributed by atoms with van der Waals surface area (Å²) in [6.07, 6.45) is 0. The summed E-state index contributed by atoms with van der Waals surface area (Å²) in [4.78, 5) is 21.4. The SMILES string of the molecule is c1ccc(-c2ccc(-c3nc(-c4ccccc4-c4nc(-c5ccc(-c6ccccc6)cc5)c5sc6ccccc6c5n4)c4sc5ccccc5c4n3)cc2)cc1. The van der Waals surface area contributed by atoms with Gasteiger partial charge in [0, 0.05) is 42.4 Å². The van der Waals surface area contributed by atoms with Gasteiger partial charge in [-0.2, -0.15) is 0 Å². The number of thiophene rings is 2. The summed E-state index contributed by atoms with van der Waals surface area (Å²) in [5, 5.41) is 2.25. The summed E-state index contributed by atoms with van der Waals surface area (Å²) in [5.41, 5.74) is 12.3. The zero-order valence-corrected chi connectivity index (χ0v) is 31.6. The number of nitrogens with zero attached hydrogens (tertiary/aromatic N) is 4. The Kier molecular flexibility index (Phi) is 7.83. The van der Waals surface area contributed by atoms with E-state index in [0.717, 1.165) is 70.4 Å². The molecule has 0 saturated carbocycles. The summed E-state index contributed by atoms with van der Waals surface area (Å²) >= 11 is 3.48. The van der Waals surface area contributed by atoms with E-state index in [0.29, 0.717) is 11.6 Å². The Morgan fingerprint density at radius 1 is 0.286 bits per heavy atom. The van der Waals surface area contributed by atoms with Gasteiger partial charge in [-0.3, -0.25) is 0 Å². The Morgan fingerprint density at radius 2 is 0.696 bits per heavy atom. The van der Waals surface area contributed by atoms with Gasteiger partial charge in [0.2, 0.25) is 0 Å². The normalized spacial score (nSPS) is 11.6. The van der Waals surface area contributed by atoms with Crippen molar-refractivity contribution in [1.82, 2.24) is 19.9 Å². The Morgan fingerprint density at radius 3 is 1.29 bits per heavy atom. The second-order valence-electron chi connectivity index (χ2n) is 13.8. The van der Waals surface area contributed by atoms with Gasteiger partial charge in [-0.1, -0.05) is 170 Å². The van der Waals surface area contributed by atoms with Crippen LogP contribution in [-0.2, 0) is 0 Å². The third-order valence-corrected chi connectivity index (χ3v) is 12.7. The molecule has 0 aliphatic rings. The standard InChI is InChI=1S/C50H30N4S2/c1-3-13-31(14-4-1)33-23-27-35(28-24-33)43-47-45(39-19-9-11-21-41(39)55-47)54-50(51-43)38-18-8-7-17-37(38)44-48-46(40-20-10-12-22-42(40)56-48)53-49(52-44)36-29-25-34(26-30-36)32-15-5-2-6-16-32/h1-30H. The van der Waals surface area contributed by atoms with Crippen molar-refractivity contribution in [2.45, 2.75) is 0 Å². The van der Waals surface area contributed by atoms with Crippen molar-refractivity contribution < 1.29 is 0 Å². The number of benzene rings is 7. The van der Waals surface area contributed by atoms with Crippen LogP contribution in [0.3, 0.4) is 0 Å². The van der Waals surface area contributed by atoms with Gasteiger partial charge in [-0.05, 0) is 34.4 Å². The van der Waals surface area contributed by atoms with Crippen molar-refractivity contribution in [2.24, 2.45) is 0 Å². The summed E-state index contributed by atoms with van der Waals surface area (Å²) in [5.74, 6) is 1.35. The van der Waals surface area contributed by atoms with Gasteiger partial charge in [0.15, 0.2) is 11.6 Å². The van der Waals surface area contributed by atoms with E-state index in [1.165, 1.54) is 26.1 Å². The van der Waals surface area contributed by atoms with Crippen LogP contribution in [0.15, 0.2) is 182 Å². The molecule has 11 aromatic rings. The second kappa shape index (κ2) is 13.5. The fourth-order valence-electron chi connectivity index (χ4n) is 7.59. The molecule has 0 saturated heterocycles. The molecule has 4 heterocycles. The van der Waals surface area contributed by atoms with Crippen LogP contribution in [-0.4, -0.2) is 19.9 Å². The maximum Gasteiger partial charge on any atom is 0.161 e. The lowest BCUT2D eigenvalue weighted by molar-refractivity contribution is 1.22. The Balaban J connectivity index is 1.12. The van der Waals surface area contributed by atoms with E-state index in [1.54, 1.807) is 22.7 Å². The minimum absolute atomic E-state index is 0.667. The molecule has 0 N–H and O–H groups in total. The molecule has 0 atom stereocenters. The third kappa shape index (κ3) is 5.58. The largest absolute Gasteiger partial charge is 0.226 e. The first-order valence-electron chi connectivity index (χ1n) is 18.6. The number of fused-ring (bicyclic) bond motifs is 6. The van der Waals surface area contributed by atoms with Gasteiger partial charge in [0.25, 0.3) is 0 Å². The van der Waals surface area contributed by atoms with E-state index in [1.807, 2.05) is 12.1 Å². The summed E-state index contributed by atoms with van der Waals surface area (Å²) in [6.45, 7) is 0. The van der Waals surface area contributed by atoms with Crippen molar-refractivity contribution in [2.75, 3.05) is 0 Å². The van der Waals surface area contributed by atoms with Crippen LogP contribution in [0.25, 0.3) is 108 Å². The Bertz CT molecular complexity index is 3220. The quantitative estimate of drug-likeness (QED) is 0.170. The highest BCUT2D eigenvalue weighted by Crippen LogP contribution is 2.44. The van der Waals surface area contributed by atoms with Crippen molar-refractivity contribution in [3.05, 3.63) is 182 Å². The van der Waals surface area contributed by atoms with Crippen molar-refractivity contribution >= 4 is 63.3 Å². The number of hydrogen-bond donors (Lipinski definition) is 0. The van der Waals surface area contributed by atoms with Crippen LogP contribution >= 0.6 is 22.7 Å². The zero-order valence-electron chi connectivity index (χ0n) is 29.9. The van der Waals surface area contributed by atoms with Crippen LogP contribution < -0.4 is 0 Å². The fraction of sp³-hybridized carbons (Fsp3) is 0. The lowest BCUT2D eigenvalue weighted by Gasteiger charge is -2.13. The van der Waals surface area contributed by atoms with Crippen LogP contribution in [0, 0.1) is 0 Å². The average molecular weight is 751 g/mol. The molecule has 0 unspecified atom stereocenters.